The van der Waals surface area contributed by atoms with E-state index in [1.807, 2.05) is 12.1 Å². The molecule has 1 N–H and O–H groups in total. The van der Waals surface area contributed by atoms with Crippen LogP contribution in [0.2, 0.25) is 0 Å². The van der Waals surface area contributed by atoms with Crippen molar-refractivity contribution in [1.29, 1.82) is 0 Å². The van der Waals surface area contributed by atoms with E-state index in [0.29, 0.717) is 10.2 Å². The molecular weight excluding hydrogens is 369 g/mol. The molecule has 0 bridgehead atoms. The van der Waals surface area contributed by atoms with Crippen LogP contribution in [0.25, 0.3) is 0 Å². The molecule has 0 saturated heterocycles. The van der Waals surface area contributed by atoms with Gasteiger partial charge in [-0.3, -0.25) is 4.72 Å². The Hall–Kier alpha value is -1.40. The van der Waals surface area contributed by atoms with Crippen molar-refractivity contribution in [2.24, 2.45) is 0 Å². The maximum atomic E-state index is 13.8. The van der Waals surface area contributed by atoms with E-state index in [2.05, 4.69) is 41.4 Å². The van der Waals surface area contributed by atoms with Gasteiger partial charge in [0.05, 0.1) is 0 Å². The lowest BCUT2D eigenvalue weighted by atomic mass is 9.87. The van der Waals surface area contributed by atoms with Crippen molar-refractivity contribution in [3.63, 3.8) is 0 Å². The lowest BCUT2D eigenvalue weighted by Gasteiger charge is -2.19. The maximum Gasteiger partial charge on any atom is 0.264 e. The van der Waals surface area contributed by atoms with Crippen molar-refractivity contribution >= 4 is 31.6 Å². The van der Waals surface area contributed by atoms with Gasteiger partial charge in [-0.2, -0.15) is 0 Å². The second-order valence-electron chi connectivity index (χ2n) is 6.01. The highest BCUT2D eigenvalue weighted by atomic mass is 79.9. The Morgan fingerprint density at radius 2 is 1.64 bits per heavy atom. The number of hydrogen-bond donors (Lipinski definition) is 1. The number of anilines is 1. The van der Waals surface area contributed by atoms with E-state index >= 15 is 0 Å². The summed E-state index contributed by atoms with van der Waals surface area (Å²) in [6.45, 7) is 6.22. The van der Waals surface area contributed by atoms with Gasteiger partial charge in [0.25, 0.3) is 10.0 Å². The number of benzene rings is 2. The van der Waals surface area contributed by atoms with Gasteiger partial charge in [-0.05, 0) is 41.3 Å². The Balaban J connectivity index is 2.29. The molecule has 0 saturated carbocycles. The number of nitrogens with one attached hydrogen (secondary N) is 1. The smallest absolute Gasteiger partial charge is 0.264 e. The van der Waals surface area contributed by atoms with Gasteiger partial charge >= 0.3 is 0 Å². The van der Waals surface area contributed by atoms with E-state index in [0.717, 1.165) is 11.6 Å². The highest BCUT2D eigenvalue weighted by Gasteiger charge is 2.20. The zero-order valence-electron chi connectivity index (χ0n) is 12.5. The average Bonchev–Trinajstić information content (AvgIpc) is 2.37. The minimum atomic E-state index is -3.95. The summed E-state index contributed by atoms with van der Waals surface area (Å²) in [6.07, 6.45) is 0. The highest BCUT2D eigenvalue weighted by Crippen LogP contribution is 2.25. The normalized spacial score (nSPS) is 12.2. The molecule has 3 nitrogen and oxygen atoms in total. The molecule has 0 radical (unpaired) electrons. The summed E-state index contributed by atoms with van der Waals surface area (Å²) in [5.41, 5.74) is 1.47. The molecule has 118 valence electrons. The molecule has 22 heavy (non-hydrogen) atoms. The molecule has 0 aliphatic carbocycles. The molecule has 0 aliphatic heterocycles. The molecule has 0 spiro atoms. The molecule has 0 amide bonds. The topological polar surface area (TPSA) is 46.2 Å². The molecule has 2 aromatic carbocycles. The van der Waals surface area contributed by atoms with Crippen LogP contribution in [-0.4, -0.2) is 8.42 Å². The van der Waals surface area contributed by atoms with E-state index in [4.69, 9.17) is 0 Å². The van der Waals surface area contributed by atoms with E-state index in [9.17, 15) is 12.8 Å². The number of hydrogen-bond acceptors (Lipinski definition) is 2. The Morgan fingerprint density at radius 3 is 2.14 bits per heavy atom. The van der Waals surface area contributed by atoms with E-state index in [1.54, 1.807) is 12.1 Å². The summed E-state index contributed by atoms with van der Waals surface area (Å²) in [4.78, 5) is -0.379. The van der Waals surface area contributed by atoms with Crippen LogP contribution in [-0.2, 0) is 15.4 Å². The quantitative estimate of drug-likeness (QED) is 0.832. The van der Waals surface area contributed by atoms with Crippen molar-refractivity contribution in [1.82, 2.24) is 0 Å². The molecule has 0 fully saturated rings. The fourth-order valence-electron chi connectivity index (χ4n) is 1.94. The van der Waals surface area contributed by atoms with Gasteiger partial charge in [0.1, 0.15) is 10.7 Å². The van der Waals surface area contributed by atoms with E-state index in [1.165, 1.54) is 12.1 Å². The summed E-state index contributed by atoms with van der Waals surface area (Å²) in [5.74, 6) is -0.798. The molecule has 2 aromatic rings. The summed E-state index contributed by atoms with van der Waals surface area (Å²) < 4.78 is 41.2. The molecular formula is C16H17BrFNO2S. The van der Waals surface area contributed by atoms with Gasteiger partial charge in [-0.25, -0.2) is 12.8 Å². The third-order valence-corrected chi connectivity index (χ3v) is 5.09. The minimum Gasteiger partial charge on any atom is -0.280 e. The van der Waals surface area contributed by atoms with Gasteiger partial charge < -0.3 is 0 Å². The Labute approximate surface area is 138 Å². The third kappa shape index (κ3) is 3.87. The molecule has 0 aromatic heterocycles. The SMILES string of the molecule is CC(C)(C)c1ccc(NS(=O)(=O)c2ccc(Br)cc2F)cc1. The van der Waals surface area contributed by atoms with Crippen LogP contribution >= 0.6 is 15.9 Å². The van der Waals surface area contributed by atoms with Crippen molar-refractivity contribution in [2.75, 3.05) is 4.72 Å². The van der Waals surface area contributed by atoms with Crippen molar-refractivity contribution in [2.45, 2.75) is 31.1 Å². The largest absolute Gasteiger partial charge is 0.280 e. The molecule has 0 unspecified atom stereocenters. The third-order valence-electron chi connectivity index (χ3n) is 3.19. The number of rotatable bonds is 3. The van der Waals surface area contributed by atoms with Crippen LogP contribution in [0, 0.1) is 5.82 Å². The first-order valence-corrected chi connectivity index (χ1v) is 8.96. The van der Waals surface area contributed by atoms with Crippen molar-refractivity contribution in [3.8, 4) is 0 Å². The van der Waals surface area contributed by atoms with Gasteiger partial charge in [0.2, 0.25) is 0 Å². The first-order chi connectivity index (χ1) is 10.1. The van der Waals surface area contributed by atoms with Gasteiger partial charge in [-0.15, -0.1) is 0 Å². The zero-order chi connectivity index (χ0) is 16.5. The van der Waals surface area contributed by atoms with Gasteiger partial charge in [0, 0.05) is 10.2 Å². The van der Waals surface area contributed by atoms with Crippen molar-refractivity contribution < 1.29 is 12.8 Å². The second kappa shape index (κ2) is 6.01. The molecule has 2 rings (SSSR count). The van der Waals surface area contributed by atoms with E-state index < -0.39 is 15.8 Å². The predicted octanol–water partition coefficient (Wildman–Crippen LogP) is 4.69. The number of sulfonamides is 1. The Bertz CT molecular complexity index is 781. The first-order valence-electron chi connectivity index (χ1n) is 6.68. The lowest BCUT2D eigenvalue weighted by molar-refractivity contribution is 0.570. The van der Waals surface area contributed by atoms with Crippen LogP contribution in [0.1, 0.15) is 26.3 Å². The fraction of sp³-hybridized carbons (Fsp3) is 0.250. The minimum absolute atomic E-state index is 0.0186. The molecule has 6 heteroatoms. The Kier molecular flexibility index (Phi) is 4.63. The van der Waals surface area contributed by atoms with Crippen molar-refractivity contribution in [3.05, 3.63) is 58.3 Å². The average molecular weight is 386 g/mol. The summed E-state index contributed by atoms with van der Waals surface area (Å²) in [7, 11) is -3.95. The standard InChI is InChI=1S/C16H17BrFNO2S/c1-16(2,3)11-4-7-13(8-5-11)19-22(20,21)15-9-6-12(17)10-14(15)18/h4-10,19H,1-3H3. The van der Waals surface area contributed by atoms with Crippen LogP contribution in [0.4, 0.5) is 10.1 Å². The van der Waals surface area contributed by atoms with Gasteiger partial charge in [0.15, 0.2) is 0 Å². The highest BCUT2D eigenvalue weighted by molar-refractivity contribution is 9.10. The first kappa shape index (κ1) is 17.0. The number of halogens is 2. The maximum absolute atomic E-state index is 13.8. The molecule has 0 heterocycles. The van der Waals surface area contributed by atoms with Crippen LogP contribution in [0.5, 0.6) is 0 Å². The predicted molar refractivity (Wildman–Crippen MR) is 90.1 cm³/mol. The van der Waals surface area contributed by atoms with E-state index in [-0.39, 0.29) is 10.3 Å². The lowest BCUT2D eigenvalue weighted by Crippen LogP contribution is -2.15. The zero-order valence-corrected chi connectivity index (χ0v) is 14.9. The summed E-state index contributed by atoms with van der Waals surface area (Å²) in [6, 6.07) is 10.9. The monoisotopic (exact) mass is 385 g/mol. The Morgan fingerprint density at radius 1 is 1.05 bits per heavy atom. The summed E-state index contributed by atoms with van der Waals surface area (Å²) >= 11 is 3.10. The van der Waals surface area contributed by atoms with Crippen LogP contribution in [0.3, 0.4) is 0 Å². The van der Waals surface area contributed by atoms with Crippen LogP contribution < -0.4 is 4.72 Å². The fourth-order valence-corrected chi connectivity index (χ4v) is 3.39. The van der Waals surface area contributed by atoms with Gasteiger partial charge in [-0.1, -0.05) is 48.8 Å². The van der Waals surface area contributed by atoms with Crippen LogP contribution in [0.15, 0.2) is 51.8 Å². The molecule has 0 atom stereocenters. The second-order valence-corrected chi connectivity index (χ2v) is 8.57. The summed E-state index contributed by atoms with van der Waals surface area (Å²) in [5, 5.41) is 0. The molecule has 0 aliphatic rings.